The summed E-state index contributed by atoms with van der Waals surface area (Å²) in [6.07, 6.45) is 3.65. The summed E-state index contributed by atoms with van der Waals surface area (Å²) < 4.78 is 28.3. The summed E-state index contributed by atoms with van der Waals surface area (Å²) in [5, 5.41) is 4.03. The van der Waals surface area contributed by atoms with E-state index in [1.165, 1.54) is 16.7 Å². The molecule has 0 spiro atoms. The standard InChI is InChI=1S/C13H16N4O2S/c14-6-8-16-10-12(9-15-16)20(18,19)17-7-5-11-3-1-2-4-13(11)17/h1-4,9-10H,5-8,14H2. The topological polar surface area (TPSA) is 81.2 Å². The molecule has 2 heterocycles. The van der Waals surface area contributed by atoms with E-state index in [0.717, 1.165) is 17.7 Å². The monoisotopic (exact) mass is 292 g/mol. The van der Waals surface area contributed by atoms with Gasteiger partial charge in [-0.3, -0.25) is 8.99 Å². The van der Waals surface area contributed by atoms with Crippen molar-refractivity contribution in [2.45, 2.75) is 17.9 Å². The number of benzene rings is 1. The predicted molar refractivity (Wildman–Crippen MR) is 76.0 cm³/mol. The van der Waals surface area contributed by atoms with E-state index in [1.807, 2.05) is 24.3 Å². The van der Waals surface area contributed by atoms with Gasteiger partial charge >= 0.3 is 0 Å². The minimum atomic E-state index is -3.54. The van der Waals surface area contributed by atoms with Gasteiger partial charge in [0.2, 0.25) is 0 Å². The Morgan fingerprint density at radius 3 is 2.90 bits per heavy atom. The Kier molecular flexibility index (Phi) is 3.23. The molecule has 0 bridgehead atoms. The number of rotatable bonds is 4. The molecule has 0 amide bonds. The van der Waals surface area contributed by atoms with E-state index < -0.39 is 10.0 Å². The minimum absolute atomic E-state index is 0.211. The zero-order valence-electron chi connectivity index (χ0n) is 10.9. The van der Waals surface area contributed by atoms with Gasteiger partial charge < -0.3 is 5.73 Å². The van der Waals surface area contributed by atoms with Gasteiger partial charge in [0.05, 0.1) is 18.4 Å². The number of sulfonamides is 1. The lowest BCUT2D eigenvalue weighted by atomic mass is 10.2. The van der Waals surface area contributed by atoms with Crippen LogP contribution < -0.4 is 10.0 Å². The van der Waals surface area contributed by atoms with Crippen molar-refractivity contribution in [2.24, 2.45) is 5.73 Å². The number of nitrogens with two attached hydrogens (primary N) is 1. The van der Waals surface area contributed by atoms with Crippen LogP contribution >= 0.6 is 0 Å². The van der Waals surface area contributed by atoms with Crippen LogP contribution in [-0.4, -0.2) is 31.3 Å². The van der Waals surface area contributed by atoms with E-state index in [4.69, 9.17) is 5.73 Å². The number of aromatic nitrogens is 2. The number of nitrogens with zero attached hydrogens (tertiary/aromatic N) is 3. The van der Waals surface area contributed by atoms with Crippen LogP contribution in [0.2, 0.25) is 0 Å². The van der Waals surface area contributed by atoms with Crippen LogP contribution in [0.4, 0.5) is 5.69 Å². The van der Waals surface area contributed by atoms with Crippen LogP contribution in [-0.2, 0) is 23.0 Å². The fourth-order valence-corrected chi connectivity index (χ4v) is 3.88. The summed E-state index contributed by atoms with van der Waals surface area (Å²) in [7, 11) is -3.54. The quantitative estimate of drug-likeness (QED) is 0.894. The molecule has 1 aromatic heterocycles. The third-order valence-electron chi connectivity index (χ3n) is 3.40. The van der Waals surface area contributed by atoms with Crippen molar-refractivity contribution in [1.82, 2.24) is 9.78 Å². The smallest absolute Gasteiger partial charge is 0.267 e. The van der Waals surface area contributed by atoms with E-state index in [0.29, 0.717) is 19.6 Å². The fraction of sp³-hybridized carbons (Fsp3) is 0.308. The molecule has 20 heavy (non-hydrogen) atoms. The van der Waals surface area contributed by atoms with Crippen molar-refractivity contribution in [3.63, 3.8) is 0 Å². The summed E-state index contributed by atoms with van der Waals surface area (Å²) in [6, 6.07) is 7.58. The molecule has 1 aromatic carbocycles. The van der Waals surface area contributed by atoms with Crippen LogP contribution in [0, 0.1) is 0 Å². The Hall–Kier alpha value is -1.86. The SMILES string of the molecule is NCCn1cc(S(=O)(=O)N2CCc3ccccc32)cn1. The highest BCUT2D eigenvalue weighted by atomic mass is 32.2. The molecule has 0 saturated heterocycles. The molecule has 0 aliphatic carbocycles. The third-order valence-corrected chi connectivity index (χ3v) is 5.17. The number of anilines is 1. The van der Waals surface area contributed by atoms with Gasteiger partial charge in [-0.1, -0.05) is 18.2 Å². The fourth-order valence-electron chi connectivity index (χ4n) is 2.42. The number of fused-ring (bicyclic) bond motifs is 1. The average Bonchev–Trinajstić information content (AvgIpc) is 3.05. The molecule has 2 aromatic rings. The molecule has 3 rings (SSSR count). The van der Waals surface area contributed by atoms with Crippen LogP contribution in [0.1, 0.15) is 5.56 Å². The van der Waals surface area contributed by atoms with Crippen molar-refractivity contribution in [1.29, 1.82) is 0 Å². The van der Waals surface area contributed by atoms with E-state index in [1.54, 1.807) is 4.68 Å². The molecule has 7 heteroatoms. The van der Waals surface area contributed by atoms with Gasteiger partial charge in [-0.05, 0) is 18.1 Å². The number of hydrogen-bond donors (Lipinski definition) is 1. The number of para-hydroxylation sites is 1. The van der Waals surface area contributed by atoms with Crippen molar-refractivity contribution in [3.8, 4) is 0 Å². The Bertz CT molecular complexity index is 723. The van der Waals surface area contributed by atoms with Gasteiger partial charge in [0.1, 0.15) is 4.90 Å². The van der Waals surface area contributed by atoms with Crippen LogP contribution in [0.3, 0.4) is 0 Å². The summed E-state index contributed by atoms with van der Waals surface area (Å²) in [5.74, 6) is 0. The van der Waals surface area contributed by atoms with Crippen molar-refractivity contribution >= 4 is 15.7 Å². The first-order valence-electron chi connectivity index (χ1n) is 6.46. The van der Waals surface area contributed by atoms with E-state index in [-0.39, 0.29) is 4.90 Å². The predicted octanol–water partition coefficient (Wildman–Crippen LogP) is 0.593. The van der Waals surface area contributed by atoms with E-state index >= 15 is 0 Å². The third kappa shape index (κ3) is 2.08. The van der Waals surface area contributed by atoms with E-state index in [9.17, 15) is 8.42 Å². The maximum atomic E-state index is 12.7. The maximum Gasteiger partial charge on any atom is 0.267 e. The van der Waals surface area contributed by atoms with Gasteiger partial charge in [0.15, 0.2) is 0 Å². The van der Waals surface area contributed by atoms with Crippen molar-refractivity contribution < 1.29 is 8.42 Å². The normalized spacial score (nSPS) is 14.6. The number of hydrogen-bond acceptors (Lipinski definition) is 4. The minimum Gasteiger partial charge on any atom is -0.329 e. The van der Waals surface area contributed by atoms with Gasteiger partial charge in [0, 0.05) is 19.3 Å². The lowest BCUT2D eigenvalue weighted by molar-refractivity contribution is 0.591. The second kappa shape index (κ2) is 4.92. The summed E-state index contributed by atoms with van der Waals surface area (Å²) in [5.41, 5.74) is 7.27. The molecule has 106 valence electrons. The summed E-state index contributed by atoms with van der Waals surface area (Å²) in [4.78, 5) is 0.211. The molecule has 0 atom stereocenters. The zero-order valence-corrected chi connectivity index (χ0v) is 11.8. The lowest BCUT2D eigenvalue weighted by Gasteiger charge is -2.18. The molecule has 6 nitrogen and oxygen atoms in total. The molecular weight excluding hydrogens is 276 g/mol. The Balaban J connectivity index is 1.96. The highest BCUT2D eigenvalue weighted by Crippen LogP contribution is 2.32. The second-order valence-corrected chi connectivity index (χ2v) is 6.55. The Labute approximate surface area is 117 Å². The molecule has 1 aliphatic heterocycles. The largest absolute Gasteiger partial charge is 0.329 e. The van der Waals surface area contributed by atoms with E-state index in [2.05, 4.69) is 5.10 Å². The van der Waals surface area contributed by atoms with Crippen LogP contribution in [0.15, 0.2) is 41.6 Å². The molecule has 1 aliphatic rings. The van der Waals surface area contributed by atoms with Crippen molar-refractivity contribution in [2.75, 3.05) is 17.4 Å². The summed E-state index contributed by atoms with van der Waals surface area (Å²) in [6.45, 7) is 1.41. The van der Waals surface area contributed by atoms with Gasteiger partial charge in [0.25, 0.3) is 10.0 Å². The first-order chi connectivity index (χ1) is 9.63. The first kappa shape index (κ1) is 13.1. The molecule has 0 unspecified atom stereocenters. The molecule has 0 fully saturated rings. The highest BCUT2D eigenvalue weighted by molar-refractivity contribution is 7.92. The maximum absolute atomic E-state index is 12.7. The Morgan fingerprint density at radius 2 is 2.10 bits per heavy atom. The van der Waals surface area contributed by atoms with Crippen molar-refractivity contribution in [3.05, 3.63) is 42.2 Å². The molecular formula is C13H16N4O2S. The molecule has 2 N–H and O–H groups in total. The second-order valence-electron chi connectivity index (χ2n) is 4.68. The Morgan fingerprint density at radius 1 is 1.30 bits per heavy atom. The molecule has 0 saturated carbocycles. The van der Waals surface area contributed by atoms with Gasteiger partial charge in [-0.15, -0.1) is 0 Å². The highest BCUT2D eigenvalue weighted by Gasteiger charge is 2.31. The van der Waals surface area contributed by atoms with Crippen LogP contribution in [0.5, 0.6) is 0 Å². The average molecular weight is 292 g/mol. The van der Waals surface area contributed by atoms with Gasteiger partial charge in [-0.25, -0.2) is 8.42 Å². The lowest BCUT2D eigenvalue weighted by Crippen LogP contribution is -2.28. The summed E-state index contributed by atoms with van der Waals surface area (Å²) >= 11 is 0. The van der Waals surface area contributed by atoms with Gasteiger partial charge in [-0.2, -0.15) is 5.10 Å². The molecule has 0 radical (unpaired) electrons. The first-order valence-corrected chi connectivity index (χ1v) is 7.90. The van der Waals surface area contributed by atoms with Crippen LogP contribution in [0.25, 0.3) is 0 Å². The zero-order chi connectivity index (χ0) is 14.2.